The van der Waals surface area contributed by atoms with E-state index in [1.54, 1.807) is 14.2 Å². The normalized spacial score (nSPS) is 17.9. The largest absolute Gasteiger partial charge is 0.494 e. The first-order chi connectivity index (χ1) is 20.6. The van der Waals surface area contributed by atoms with Crippen LogP contribution in [0.25, 0.3) is 0 Å². The standard InChI is InChI=1S/C19H30N2O4.C13H19NO3/c1-3-21-19(22)14-25-18-13-20-10-9-17(18)15-5-7-16(8-6-15)24-12-4-11-23-2;1-16-7-2-5-14-6-8-17-13-4-3-11(10-15)9-12(13)14/h5-8,17-18,20H,3-4,9-14H2,1-2H3,(H,21,22);3-4,9,15H,2,5-8,10H2,1H3/t17?,18-;/m1./s1. The van der Waals surface area contributed by atoms with Crippen LogP contribution in [0.15, 0.2) is 42.5 Å². The second-order valence-electron chi connectivity index (χ2n) is 10.3. The number of aliphatic hydroxyl groups is 1. The van der Waals surface area contributed by atoms with Crippen LogP contribution in [0.2, 0.25) is 0 Å². The molecule has 0 aromatic heterocycles. The minimum Gasteiger partial charge on any atom is -0.494 e. The summed E-state index contributed by atoms with van der Waals surface area (Å²) in [5.74, 6) is 2.00. The second-order valence-corrected chi connectivity index (χ2v) is 10.3. The number of fused-ring (bicyclic) bond motifs is 1. The molecular weight excluding hydrogens is 538 g/mol. The van der Waals surface area contributed by atoms with Crippen molar-refractivity contribution in [2.75, 3.05) is 84.9 Å². The highest BCUT2D eigenvalue weighted by Gasteiger charge is 2.27. The summed E-state index contributed by atoms with van der Waals surface area (Å²) in [6.07, 6.45) is 2.88. The van der Waals surface area contributed by atoms with Gasteiger partial charge in [-0.2, -0.15) is 0 Å². The number of nitrogens with one attached hydrogen (secondary N) is 2. The van der Waals surface area contributed by atoms with E-state index in [0.29, 0.717) is 25.7 Å². The third-order valence-corrected chi connectivity index (χ3v) is 7.24. The van der Waals surface area contributed by atoms with Crippen molar-refractivity contribution in [2.24, 2.45) is 0 Å². The third-order valence-electron chi connectivity index (χ3n) is 7.24. The van der Waals surface area contributed by atoms with E-state index in [1.165, 1.54) is 5.56 Å². The number of anilines is 1. The van der Waals surface area contributed by atoms with Crippen molar-refractivity contribution >= 4 is 11.6 Å². The fraction of sp³-hybridized carbons (Fsp3) is 0.594. The van der Waals surface area contributed by atoms with E-state index in [0.717, 1.165) is 81.4 Å². The molecule has 2 aliphatic heterocycles. The van der Waals surface area contributed by atoms with Gasteiger partial charge in [0.1, 0.15) is 24.7 Å². The Kier molecular flexibility index (Phi) is 15.5. The van der Waals surface area contributed by atoms with Crippen LogP contribution < -0.4 is 25.0 Å². The molecule has 1 amide bonds. The van der Waals surface area contributed by atoms with Crippen LogP contribution in [-0.4, -0.2) is 97.1 Å². The lowest BCUT2D eigenvalue weighted by molar-refractivity contribution is -0.128. The Labute approximate surface area is 250 Å². The molecule has 42 heavy (non-hydrogen) atoms. The number of ether oxygens (including phenoxy) is 5. The number of hydrogen-bond acceptors (Lipinski definition) is 9. The molecule has 1 saturated heterocycles. The Balaban J connectivity index is 0.000000247. The lowest BCUT2D eigenvalue weighted by Crippen LogP contribution is -2.42. The minimum absolute atomic E-state index is 0.00447. The molecule has 1 fully saturated rings. The predicted molar refractivity (Wildman–Crippen MR) is 164 cm³/mol. The lowest BCUT2D eigenvalue weighted by atomic mass is 9.88. The smallest absolute Gasteiger partial charge is 0.246 e. The average Bonchev–Trinajstić information content (AvgIpc) is 3.03. The summed E-state index contributed by atoms with van der Waals surface area (Å²) in [5.41, 5.74) is 3.23. The molecular formula is C32H49N3O7. The molecule has 1 unspecified atom stereocenters. The Morgan fingerprint density at radius 3 is 2.62 bits per heavy atom. The minimum atomic E-state index is -0.0633. The average molecular weight is 588 g/mol. The molecule has 0 bridgehead atoms. The van der Waals surface area contributed by atoms with Crippen LogP contribution in [0.5, 0.6) is 11.5 Å². The maximum absolute atomic E-state index is 11.6. The Morgan fingerprint density at radius 1 is 1.10 bits per heavy atom. The van der Waals surface area contributed by atoms with E-state index in [9.17, 15) is 4.79 Å². The van der Waals surface area contributed by atoms with Gasteiger partial charge >= 0.3 is 0 Å². The molecule has 2 atom stereocenters. The maximum atomic E-state index is 11.6. The fourth-order valence-corrected chi connectivity index (χ4v) is 5.07. The first-order valence-corrected chi connectivity index (χ1v) is 15.0. The van der Waals surface area contributed by atoms with Gasteiger partial charge in [0.15, 0.2) is 0 Å². The number of carbonyl (C=O) groups excluding carboxylic acids is 1. The topological polar surface area (TPSA) is 111 Å². The van der Waals surface area contributed by atoms with E-state index >= 15 is 0 Å². The molecule has 0 saturated carbocycles. The van der Waals surface area contributed by atoms with Crippen LogP contribution in [0.3, 0.4) is 0 Å². The van der Waals surface area contributed by atoms with Gasteiger partial charge < -0.3 is 44.3 Å². The van der Waals surface area contributed by atoms with Gasteiger partial charge in [0.2, 0.25) is 5.91 Å². The monoisotopic (exact) mass is 587 g/mol. The Hall–Kier alpha value is -2.89. The number of likely N-dealkylation sites (N-methyl/N-ethyl adjacent to an activating group) is 1. The van der Waals surface area contributed by atoms with Crippen molar-refractivity contribution in [3.8, 4) is 11.5 Å². The number of benzene rings is 2. The van der Waals surface area contributed by atoms with E-state index in [4.69, 9.17) is 28.8 Å². The quantitative estimate of drug-likeness (QED) is 0.271. The molecule has 2 aliphatic rings. The molecule has 0 spiro atoms. The molecule has 0 radical (unpaired) electrons. The number of amides is 1. The van der Waals surface area contributed by atoms with Crippen molar-refractivity contribution in [1.29, 1.82) is 0 Å². The van der Waals surface area contributed by atoms with E-state index in [1.807, 2.05) is 37.3 Å². The van der Waals surface area contributed by atoms with Gasteiger partial charge in [0.05, 0.1) is 31.5 Å². The zero-order valence-corrected chi connectivity index (χ0v) is 25.4. The number of piperidine rings is 1. The maximum Gasteiger partial charge on any atom is 0.246 e. The third kappa shape index (κ3) is 11.1. The highest BCUT2D eigenvalue weighted by Crippen LogP contribution is 2.32. The number of hydrogen-bond donors (Lipinski definition) is 3. The van der Waals surface area contributed by atoms with Gasteiger partial charge in [-0.3, -0.25) is 4.79 Å². The van der Waals surface area contributed by atoms with Gasteiger partial charge in [0.25, 0.3) is 0 Å². The zero-order chi connectivity index (χ0) is 30.0. The number of rotatable bonds is 15. The Morgan fingerprint density at radius 2 is 1.88 bits per heavy atom. The summed E-state index contributed by atoms with van der Waals surface area (Å²) in [6, 6.07) is 14.0. The first kappa shape index (κ1) is 33.6. The van der Waals surface area contributed by atoms with Crippen molar-refractivity contribution in [3.63, 3.8) is 0 Å². The highest BCUT2D eigenvalue weighted by molar-refractivity contribution is 5.77. The van der Waals surface area contributed by atoms with Crippen molar-refractivity contribution in [1.82, 2.24) is 10.6 Å². The van der Waals surface area contributed by atoms with Crippen molar-refractivity contribution < 1.29 is 33.6 Å². The lowest BCUT2D eigenvalue weighted by Gasteiger charge is -2.32. The van der Waals surface area contributed by atoms with E-state index in [2.05, 4.69) is 27.7 Å². The predicted octanol–water partition coefficient (Wildman–Crippen LogP) is 3.11. The highest BCUT2D eigenvalue weighted by atomic mass is 16.5. The molecule has 234 valence electrons. The van der Waals surface area contributed by atoms with Crippen LogP contribution >= 0.6 is 0 Å². The summed E-state index contributed by atoms with van der Waals surface area (Å²) in [6.45, 7) is 9.13. The number of aliphatic hydroxyl groups excluding tert-OH is 1. The van der Waals surface area contributed by atoms with Gasteiger partial charge in [-0.05, 0) is 61.7 Å². The van der Waals surface area contributed by atoms with Crippen LogP contribution in [0.1, 0.15) is 43.2 Å². The van der Waals surface area contributed by atoms with Crippen molar-refractivity contribution in [2.45, 2.75) is 44.8 Å². The summed E-state index contributed by atoms with van der Waals surface area (Å²) < 4.78 is 27.3. The molecule has 2 aromatic carbocycles. The van der Waals surface area contributed by atoms with Gasteiger partial charge in [-0.15, -0.1) is 0 Å². The van der Waals surface area contributed by atoms with E-state index < -0.39 is 0 Å². The molecule has 0 aliphatic carbocycles. The van der Waals surface area contributed by atoms with Crippen LogP contribution in [0, 0.1) is 0 Å². The fourth-order valence-electron chi connectivity index (χ4n) is 5.07. The van der Waals surface area contributed by atoms with Crippen LogP contribution in [-0.2, 0) is 25.6 Å². The summed E-state index contributed by atoms with van der Waals surface area (Å²) in [5, 5.41) is 15.3. The van der Waals surface area contributed by atoms with Gasteiger partial charge in [0, 0.05) is 59.4 Å². The molecule has 3 N–H and O–H groups in total. The second kappa shape index (κ2) is 19.3. The molecule has 10 nitrogen and oxygen atoms in total. The molecule has 2 aromatic rings. The molecule has 4 rings (SSSR count). The SMILES string of the molecule is CCNC(=O)CO[C@@H]1CNCCC1c1ccc(OCCCOC)cc1.COCCCN1CCOc2ccc(CO)cc21. The summed E-state index contributed by atoms with van der Waals surface area (Å²) in [4.78, 5) is 13.9. The van der Waals surface area contributed by atoms with E-state index in [-0.39, 0.29) is 25.2 Å². The van der Waals surface area contributed by atoms with Crippen LogP contribution in [0.4, 0.5) is 5.69 Å². The molecule has 2 heterocycles. The zero-order valence-electron chi connectivity index (χ0n) is 25.4. The van der Waals surface area contributed by atoms with Gasteiger partial charge in [-0.1, -0.05) is 18.2 Å². The van der Waals surface area contributed by atoms with Gasteiger partial charge in [-0.25, -0.2) is 0 Å². The van der Waals surface area contributed by atoms with Crippen molar-refractivity contribution in [3.05, 3.63) is 53.6 Å². The first-order valence-electron chi connectivity index (χ1n) is 15.0. The Bertz CT molecular complexity index is 1040. The summed E-state index contributed by atoms with van der Waals surface area (Å²) in [7, 11) is 3.41. The summed E-state index contributed by atoms with van der Waals surface area (Å²) >= 11 is 0. The molecule has 10 heteroatoms. The number of nitrogens with zero attached hydrogens (tertiary/aromatic N) is 1. The number of methoxy groups -OCH3 is 2. The number of carbonyl (C=O) groups is 1.